The second-order valence-corrected chi connectivity index (χ2v) is 3.65. The molecule has 0 aromatic heterocycles. The summed E-state index contributed by atoms with van der Waals surface area (Å²) in [7, 11) is 1.81. The van der Waals surface area contributed by atoms with E-state index < -0.39 is 0 Å². The van der Waals surface area contributed by atoms with Crippen molar-refractivity contribution in [3.63, 3.8) is 0 Å². The number of rotatable bonds is 4. The number of hydrogen-bond donors (Lipinski definition) is 0. The highest BCUT2D eigenvalue weighted by molar-refractivity contribution is 5.44. The molecule has 0 radical (unpaired) electrons. The van der Waals surface area contributed by atoms with Gasteiger partial charge in [-0.1, -0.05) is 12.1 Å². The van der Waals surface area contributed by atoms with Gasteiger partial charge in [0.15, 0.2) is 0 Å². The molecule has 0 aliphatic rings. The van der Waals surface area contributed by atoms with Gasteiger partial charge in [0, 0.05) is 18.2 Å². The molecule has 16 heavy (non-hydrogen) atoms. The van der Waals surface area contributed by atoms with E-state index in [1.807, 2.05) is 24.1 Å². The molecule has 0 aliphatic heterocycles. The van der Waals surface area contributed by atoms with E-state index in [1.165, 1.54) is 6.07 Å². The molecule has 0 heterocycles. The number of hydrogen-bond acceptors (Lipinski definition) is 4. The summed E-state index contributed by atoms with van der Waals surface area (Å²) in [6.45, 7) is 2.58. The Morgan fingerprint density at radius 2 is 2.25 bits per heavy atom. The van der Waals surface area contributed by atoms with Crippen LogP contribution < -0.4 is 0 Å². The van der Waals surface area contributed by atoms with Gasteiger partial charge in [-0.25, -0.2) is 0 Å². The molecule has 0 amide bonds. The first-order chi connectivity index (χ1) is 7.56. The van der Waals surface area contributed by atoms with Gasteiger partial charge in [0.05, 0.1) is 17.5 Å². The molecule has 0 N–H and O–H groups in total. The lowest BCUT2D eigenvalue weighted by Crippen LogP contribution is -2.18. The predicted octanol–water partition coefficient (Wildman–Crippen LogP) is 1.86. The SMILES string of the molecule is Cc1c(CN(C)CC#N)cccc1[N+](=O)[O-]. The number of nitro benzene ring substituents is 1. The van der Waals surface area contributed by atoms with Crippen LogP contribution in [0.1, 0.15) is 11.1 Å². The summed E-state index contributed by atoms with van der Waals surface area (Å²) in [4.78, 5) is 12.2. The molecule has 0 fully saturated rings. The lowest BCUT2D eigenvalue weighted by molar-refractivity contribution is -0.385. The van der Waals surface area contributed by atoms with Gasteiger partial charge in [-0.05, 0) is 19.5 Å². The van der Waals surface area contributed by atoms with Crippen molar-refractivity contribution >= 4 is 5.69 Å². The van der Waals surface area contributed by atoms with Gasteiger partial charge < -0.3 is 0 Å². The summed E-state index contributed by atoms with van der Waals surface area (Å²) < 4.78 is 0. The van der Waals surface area contributed by atoms with Crippen LogP contribution in [0.3, 0.4) is 0 Å². The van der Waals surface area contributed by atoms with E-state index in [1.54, 1.807) is 13.0 Å². The fraction of sp³-hybridized carbons (Fsp3) is 0.364. The third-order valence-corrected chi connectivity index (χ3v) is 2.39. The predicted molar refractivity (Wildman–Crippen MR) is 59.8 cm³/mol. The van der Waals surface area contributed by atoms with E-state index in [-0.39, 0.29) is 10.6 Å². The van der Waals surface area contributed by atoms with E-state index in [4.69, 9.17) is 5.26 Å². The van der Waals surface area contributed by atoms with E-state index in [2.05, 4.69) is 0 Å². The quantitative estimate of drug-likeness (QED) is 0.440. The summed E-state index contributed by atoms with van der Waals surface area (Å²) >= 11 is 0. The maximum Gasteiger partial charge on any atom is 0.272 e. The summed E-state index contributed by atoms with van der Waals surface area (Å²) in [5.74, 6) is 0. The van der Waals surface area contributed by atoms with Gasteiger partial charge in [0.25, 0.3) is 5.69 Å². The fourth-order valence-corrected chi connectivity index (χ4v) is 1.51. The molecule has 1 rings (SSSR count). The summed E-state index contributed by atoms with van der Waals surface area (Å²) in [6, 6.07) is 7.04. The molecule has 5 heteroatoms. The third kappa shape index (κ3) is 2.78. The molecule has 0 saturated heterocycles. The summed E-state index contributed by atoms with van der Waals surface area (Å²) in [6.07, 6.45) is 0. The molecule has 0 bridgehead atoms. The standard InChI is InChI=1S/C11H13N3O2/c1-9-10(8-13(2)7-6-12)4-3-5-11(9)14(15)16/h3-5H,7-8H2,1-2H3. The summed E-state index contributed by atoms with van der Waals surface area (Å²) in [5, 5.41) is 19.3. The van der Waals surface area contributed by atoms with Crippen LogP contribution in [0.15, 0.2) is 18.2 Å². The van der Waals surface area contributed by atoms with Crippen LogP contribution in [0.2, 0.25) is 0 Å². The molecule has 5 nitrogen and oxygen atoms in total. The van der Waals surface area contributed by atoms with Gasteiger partial charge in [-0.15, -0.1) is 0 Å². The maximum absolute atomic E-state index is 10.7. The van der Waals surface area contributed by atoms with E-state index in [0.717, 1.165) is 5.56 Å². The van der Waals surface area contributed by atoms with Crippen LogP contribution in [0, 0.1) is 28.4 Å². The highest BCUT2D eigenvalue weighted by Gasteiger charge is 2.13. The van der Waals surface area contributed by atoms with Crippen LogP contribution in [0.4, 0.5) is 5.69 Å². The highest BCUT2D eigenvalue weighted by atomic mass is 16.6. The van der Waals surface area contributed by atoms with Crippen molar-refractivity contribution in [2.75, 3.05) is 13.6 Å². The monoisotopic (exact) mass is 219 g/mol. The Hall–Kier alpha value is -1.93. The molecule has 1 aromatic rings. The van der Waals surface area contributed by atoms with Crippen molar-refractivity contribution in [1.29, 1.82) is 5.26 Å². The normalized spacial score (nSPS) is 10.1. The van der Waals surface area contributed by atoms with Crippen LogP contribution in [0.25, 0.3) is 0 Å². The van der Waals surface area contributed by atoms with Crippen molar-refractivity contribution in [3.8, 4) is 6.07 Å². The Kier molecular flexibility index (Phi) is 3.97. The lowest BCUT2D eigenvalue weighted by Gasteiger charge is -2.14. The van der Waals surface area contributed by atoms with Crippen LogP contribution in [-0.2, 0) is 6.54 Å². The zero-order valence-electron chi connectivity index (χ0n) is 9.30. The Bertz CT molecular complexity index is 437. The van der Waals surface area contributed by atoms with Gasteiger partial charge in [-0.2, -0.15) is 5.26 Å². The molecule has 0 saturated carbocycles. The van der Waals surface area contributed by atoms with Gasteiger partial charge in [-0.3, -0.25) is 15.0 Å². The molecule has 0 aliphatic carbocycles. The summed E-state index contributed by atoms with van der Waals surface area (Å²) in [5.41, 5.74) is 1.67. The smallest absolute Gasteiger partial charge is 0.272 e. The molecular formula is C11H13N3O2. The van der Waals surface area contributed by atoms with Gasteiger partial charge >= 0.3 is 0 Å². The number of nitrogens with zero attached hydrogens (tertiary/aromatic N) is 3. The highest BCUT2D eigenvalue weighted by Crippen LogP contribution is 2.21. The van der Waals surface area contributed by atoms with Gasteiger partial charge in [0.1, 0.15) is 0 Å². The minimum atomic E-state index is -0.386. The van der Waals surface area contributed by atoms with Gasteiger partial charge in [0.2, 0.25) is 0 Å². The maximum atomic E-state index is 10.7. The second kappa shape index (κ2) is 5.24. The van der Waals surface area contributed by atoms with E-state index >= 15 is 0 Å². The van der Waals surface area contributed by atoms with Crippen LogP contribution in [-0.4, -0.2) is 23.4 Å². The topological polar surface area (TPSA) is 70.2 Å². The average Bonchev–Trinajstić information content (AvgIpc) is 2.21. The largest absolute Gasteiger partial charge is 0.289 e. The Labute approximate surface area is 94.1 Å². The first-order valence-corrected chi connectivity index (χ1v) is 4.84. The average molecular weight is 219 g/mol. The van der Waals surface area contributed by atoms with E-state index in [9.17, 15) is 10.1 Å². The van der Waals surface area contributed by atoms with Crippen molar-refractivity contribution < 1.29 is 4.92 Å². The Morgan fingerprint density at radius 1 is 1.56 bits per heavy atom. The molecule has 0 unspecified atom stereocenters. The fourth-order valence-electron chi connectivity index (χ4n) is 1.51. The second-order valence-electron chi connectivity index (χ2n) is 3.65. The lowest BCUT2D eigenvalue weighted by atomic mass is 10.1. The first kappa shape index (κ1) is 12.1. The Morgan fingerprint density at radius 3 is 2.81 bits per heavy atom. The zero-order valence-corrected chi connectivity index (χ0v) is 9.30. The number of nitriles is 1. The first-order valence-electron chi connectivity index (χ1n) is 4.84. The molecular weight excluding hydrogens is 206 g/mol. The number of nitro groups is 1. The minimum absolute atomic E-state index is 0.128. The van der Waals surface area contributed by atoms with Crippen molar-refractivity contribution in [3.05, 3.63) is 39.4 Å². The third-order valence-electron chi connectivity index (χ3n) is 2.39. The van der Waals surface area contributed by atoms with Crippen molar-refractivity contribution in [2.24, 2.45) is 0 Å². The Balaban J connectivity index is 2.94. The van der Waals surface area contributed by atoms with E-state index in [0.29, 0.717) is 18.7 Å². The van der Waals surface area contributed by atoms with Crippen molar-refractivity contribution in [2.45, 2.75) is 13.5 Å². The molecule has 0 spiro atoms. The van der Waals surface area contributed by atoms with Crippen LogP contribution >= 0.6 is 0 Å². The molecule has 0 atom stereocenters. The number of benzene rings is 1. The molecule has 84 valence electrons. The zero-order chi connectivity index (χ0) is 12.1. The van der Waals surface area contributed by atoms with Crippen LogP contribution in [0.5, 0.6) is 0 Å². The minimum Gasteiger partial charge on any atom is -0.289 e. The molecule has 1 aromatic carbocycles. The van der Waals surface area contributed by atoms with Crippen molar-refractivity contribution in [1.82, 2.24) is 4.90 Å².